The Kier molecular flexibility index (Phi) is 4.79. The first-order valence-electron chi connectivity index (χ1n) is 7.97. The SMILES string of the molecule is COC(=O)C(C)C(NC(=O)c1ccc2[nH]ncc2c1)c1ccccc1. The lowest BCUT2D eigenvalue weighted by Gasteiger charge is -2.24. The highest BCUT2D eigenvalue weighted by Gasteiger charge is 2.28. The number of amides is 1. The van der Waals surface area contributed by atoms with Crippen molar-refractivity contribution < 1.29 is 14.3 Å². The molecule has 0 saturated carbocycles. The Balaban J connectivity index is 1.88. The summed E-state index contributed by atoms with van der Waals surface area (Å²) in [4.78, 5) is 24.7. The molecule has 2 unspecified atom stereocenters. The predicted molar refractivity (Wildman–Crippen MR) is 93.9 cm³/mol. The van der Waals surface area contributed by atoms with Crippen LogP contribution >= 0.6 is 0 Å². The van der Waals surface area contributed by atoms with E-state index in [-0.39, 0.29) is 11.9 Å². The molecule has 2 N–H and O–H groups in total. The number of fused-ring (bicyclic) bond motifs is 1. The van der Waals surface area contributed by atoms with Crippen molar-refractivity contribution in [3.8, 4) is 0 Å². The molecule has 128 valence electrons. The smallest absolute Gasteiger partial charge is 0.310 e. The van der Waals surface area contributed by atoms with E-state index in [0.717, 1.165) is 16.5 Å². The Morgan fingerprint density at radius 2 is 1.92 bits per heavy atom. The van der Waals surface area contributed by atoms with Crippen LogP contribution in [0.4, 0.5) is 0 Å². The molecule has 3 rings (SSSR count). The molecule has 0 radical (unpaired) electrons. The summed E-state index contributed by atoms with van der Waals surface area (Å²) in [6.45, 7) is 1.74. The number of esters is 1. The van der Waals surface area contributed by atoms with Gasteiger partial charge in [-0.25, -0.2) is 0 Å². The normalized spacial score (nSPS) is 13.2. The largest absolute Gasteiger partial charge is 0.469 e. The molecular formula is C19H19N3O3. The monoisotopic (exact) mass is 337 g/mol. The van der Waals surface area contributed by atoms with Crippen LogP contribution in [-0.2, 0) is 9.53 Å². The molecule has 0 aliphatic rings. The number of rotatable bonds is 5. The van der Waals surface area contributed by atoms with E-state index in [4.69, 9.17) is 4.74 Å². The number of carbonyl (C=O) groups excluding carboxylic acids is 2. The van der Waals surface area contributed by atoms with Crippen LogP contribution in [0.25, 0.3) is 10.9 Å². The fraction of sp³-hybridized carbons (Fsp3) is 0.211. The van der Waals surface area contributed by atoms with Crippen LogP contribution in [0.2, 0.25) is 0 Å². The average molecular weight is 337 g/mol. The third-order valence-electron chi connectivity index (χ3n) is 4.22. The van der Waals surface area contributed by atoms with Gasteiger partial charge < -0.3 is 10.1 Å². The van der Waals surface area contributed by atoms with Crippen molar-refractivity contribution in [1.82, 2.24) is 15.5 Å². The summed E-state index contributed by atoms with van der Waals surface area (Å²) in [6.07, 6.45) is 1.66. The summed E-state index contributed by atoms with van der Waals surface area (Å²) in [6, 6.07) is 14.2. The van der Waals surface area contributed by atoms with Crippen molar-refractivity contribution >= 4 is 22.8 Å². The summed E-state index contributed by atoms with van der Waals surface area (Å²) in [5, 5.41) is 10.6. The number of methoxy groups -OCH3 is 1. The molecule has 0 aliphatic heterocycles. The molecule has 2 aromatic carbocycles. The van der Waals surface area contributed by atoms with Crippen LogP contribution in [0, 0.1) is 5.92 Å². The molecule has 0 fully saturated rings. The van der Waals surface area contributed by atoms with E-state index in [9.17, 15) is 9.59 Å². The molecular weight excluding hydrogens is 318 g/mol. The van der Waals surface area contributed by atoms with Gasteiger partial charge in [-0.3, -0.25) is 14.7 Å². The van der Waals surface area contributed by atoms with Crippen LogP contribution in [0.5, 0.6) is 0 Å². The highest BCUT2D eigenvalue weighted by molar-refractivity contribution is 5.98. The molecule has 0 spiro atoms. The van der Waals surface area contributed by atoms with Crippen molar-refractivity contribution in [3.05, 3.63) is 65.9 Å². The molecule has 0 aliphatic carbocycles. The van der Waals surface area contributed by atoms with Gasteiger partial charge in [0.2, 0.25) is 0 Å². The number of nitrogens with one attached hydrogen (secondary N) is 2. The van der Waals surface area contributed by atoms with Gasteiger partial charge in [0.1, 0.15) is 0 Å². The van der Waals surface area contributed by atoms with Crippen molar-refractivity contribution in [3.63, 3.8) is 0 Å². The van der Waals surface area contributed by atoms with Crippen LogP contribution in [0.15, 0.2) is 54.7 Å². The van der Waals surface area contributed by atoms with E-state index in [1.807, 2.05) is 30.3 Å². The van der Waals surface area contributed by atoms with Gasteiger partial charge in [-0.2, -0.15) is 5.10 Å². The maximum Gasteiger partial charge on any atom is 0.310 e. The van der Waals surface area contributed by atoms with Gasteiger partial charge in [0.15, 0.2) is 0 Å². The second kappa shape index (κ2) is 7.17. The molecule has 0 bridgehead atoms. The molecule has 2 atom stereocenters. The van der Waals surface area contributed by atoms with Gasteiger partial charge in [-0.1, -0.05) is 30.3 Å². The Morgan fingerprint density at radius 3 is 2.64 bits per heavy atom. The minimum absolute atomic E-state index is 0.257. The number of nitrogens with zero attached hydrogens (tertiary/aromatic N) is 1. The summed E-state index contributed by atoms with van der Waals surface area (Å²) in [5.41, 5.74) is 2.21. The van der Waals surface area contributed by atoms with Crippen LogP contribution in [0.3, 0.4) is 0 Å². The number of H-pyrrole nitrogens is 1. The third kappa shape index (κ3) is 3.52. The standard InChI is InChI=1S/C19H19N3O3/c1-12(19(24)25-2)17(13-6-4-3-5-7-13)21-18(23)14-8-9-16-15(10-14)11-20-22-16/h3-12,17H,1-2H3,(H,20,22)(H,21,23). The minimum atomic E-state index is -0.519. The van der Waals surface area contributed by atoms with E-state index in [2.05, 4.69) is 15.5 Å². The summed E-state index contributed by atoms with van der Waals surface area (Å²) >= 11 is 0. The van der Waals surface area contributed by atoms with Gasteiger partial charge in [0.25, 0.3) is 5.91 Å². The van der Waals surface area contributed by atoms with Crippen molar-refractivity contribution in [1.29, 1.82) is 0 Å². The lowest BCUT2D eigenvalue weighted by atomic mass is 9.94. The van der Waals surface area contributed by atoms with E-state index >= 15 is 0 Å². The zero-order chi connectivity index (χ0) is 17.8. The molecule has 0 saturated heterocycles. The number of aromatic nitrogens is 2. The Morgan fingerprint density at radius 1 is 1.16 bits per heavy atom. The zero-order valence-electron chi connectivity index (χ0n) is 14.0. The van der Waals surface area contributed by atoms with Gasteiger partial charge in [-0.15, -0.1) is 0 Å². The summed E-state index contributed by atoms with van der Waals surface area (Å²) < 4.78 is 4.85. The molecule has 1 amide bonds. The minimum Gasteiger partial charge on any atom is -0.469 e. The fourth-order valence-corrected chi connectivity index (χ4v) is 2.79. The Hall–Kier alpha value is -3.15. The molecule has 25 heavy (non-hydrogen) atoms. The van der Waals surface area contributed by atoms with Crippen molar-refractivity contribution in [2.24, 2.45) is 5.92 Å². The van der Waals surface area contributed by atoms with Gasteiger partial charge >= 0.3 is 5.97 Å². The lowest BCUT2D eigenvalue weighted by Crippen LogP contribution is -2.36. The number of hydrogen-bond acceptors (Lipinski definition) is 4. The van der Waals surface area contributed by atoms with Crippen molar-refractivity contribution in [2.45, 2.75) is 13.0 Å². The highest BCUT2D eigenvalue weighted by atomic mass is 16.5. The third-order valence-corrected chi connectivity index (χ3v) is 4.22. The van der Waals surface area contributed by atoms with E-state index in [1.165, 1.54) is 7.11 Å². The number of ether oxygens (including phenoxy) is 1. The molecule has 6 nitrogen and oxygen atoms in total. The first-order chi connectivity index (χ1) is 12.1. The van der Waals surface area contributed by atoms with Gasteiger partial charge in [0.05, 0.1) is 30.8 Å². The topological polar surface area (TPSA) is 84.1 Å². The number of benzene rings is 2. The molecule has 6 heteroatoms. The summed E-state index contributed by atoms with van der Waals surface area (Å²) in [5.74, 6) is -1.15. The van der Waals surface area contributed by atoms with Crippen LogP contribution in [-0.4, -0.2) is 29.2 Å². The average Bonchev–Trinajstić information content (AvgIpc) is 3.13. The first kappa shape index (κ1) is 16.7. The maximum absolute atomic E-state index is 12.7. The number of carbonyl (C=O) groups is 2. The van der Waals surface area contributed by atoms with E-state index in [1.54, 1.807) is 31.3 Å². The zero-order valence-corrected chi connectivity index (χ0v) is 14.0. The number of hydrogen-bond donors (Lipinski definition) is 2. The van der Waals surface area contributed by atoms with E-state index < -0.39 is 12.0 Å². The fourth-order valence-electron chi connectivity index (χ4n) is 2.79. The maximum atomic E-state index is 12.7. The van der Waals surface area contributed by atoms with Gasteiger partial charge in [-0.05, 0) is 30.7 Å². The van der Waals surface area contributed by atoms with E-state index in [0.29, 0.717) is 5.56 Å². The van der Waals surface area contributed by atoms with Crippen molar-refractivity contribution in [2.75, 3.05) is 7.11 Å². The van der Waals surface area contributed by atoms with Gasteiger partial charge in [0, 0.05) is 10.9 Å². The number of aromatic amines is 1. The predicted octanol–water partition coefficient (Wildman–Crippen LogP) is 2.84. The lowest BCUT2D eigenvalue weighted by molar-refractivity contribution is -0.145. The highest BCUT2D eigenvalue weighted by Crippen LogP contribution is 2.24. The molecule has 1 heterocycles. The summed E-state index contributed by atoms with van der Waals surface area (Å²) in [7, 11) is 1.34. The second-order valence-corrected chi connectivity index (χ2v) is 5.85. The molecule has 1 aromatic heterocycles. The quantitative estimate of drug-likeness (QED) is 0.701. The van der Waals surface area contributed by atoms with Crippen LogP contribution < -0.4 is 5.32 Å². The Bertz CT molecular complexity index is 889. The van der Waals surface area contributed by atoms with Crippen LogP contribution in [0.1, 0.15) is 28.9 Å². The molecule has 3 aromatic rings. The second-order valence-electron chi connectivity index (χ2n) is 5.85. The first-order valence-corrected chi connectivity index (χ1v) is 7.97. The Labute approximate surface area is 145 Å².